The van der Waals surface area contributed by atoms with Crippen LogP contribution in [-0.2, 0) is 10.0 Å². The lowest BCUT2D eigenvalue weighted by Gasteiger charge is -2.40. The largest absolute Gasteiger partial charge is 0.370 e. The maximum absolute atomic E-state index is 12.9. The zero-order valence-corrected chi connectivity index (χ0v) is 18.6. The van der Waals surface area contributed by atoms with Gasteiger partial charge in [-0.25, -0.2) is 13.1 Å². The summed E-state index contributed by atoms with van der Waals surface area (Å²) in [5.74, 6) is 0. The smallest absolute Gasteiger partial charge is 0.240 e. The summed E-state index contributed by atoms with van der Waals surface area (Å²) in [4.78, 5) is 2.53. The first kappa shape index (κ1) is 21.2. The Morgan fingerprint density at radius 3 is 2.18 bits per heavy atom. The van der Waals surface area contributed by atoms with Crippen molar-refractivity contribution in [3.63, 3.8) is 0 Å². The number of sulfonamides is 1. The van der Waals surface area contributed by atoms with Gasteiger partial charge in [0.15, 0.2) is 0 Å². The number of nitrogens with zero attached hydrogens (tertiary/aromatic N) is 1. The zero-order chi connectivity index (χ0) is 20.5. The quantitative estimate of drug-likeness (QED) is 0.741. The fraction of sp³-hybridized carbons (Fsp3) is 0.455. The average Bonchev–Trinajstić information content (AvgIpc) is 2.61. The number of nitrogens with one attached hydrogen (secondary N) is 1. The van der Waals surface area contributed by atoms with Gasteiger partial charge in [0, 0.05) is 29.8 Å². The Labute approximate surface area is 174 Å². The summed E-state index contributed by atoms with van der Waals surface area (Å²) in [6, 6.07) is 10.7. The van der Waals surface area contributed by atoms with Crippen molar-refractivity contribution in [3.8, 4) is 0 Å². The van der Waals surface area contributed by atoms with Crippen LogP contribution >= 0.6 is 11.6 Å². The molecule has 2 aromatic carbocycles. The number of anilines is 1. The molecule has 0 bridgehead atoms. The topological polar surface area (TPSA) is 49.4 Å². The molecule has 0 heterocycles. The van der Waals surface area contributed by atoms with E-state index in [0.29, 0.717) is 5.02 Å². The molecule has 1 N–H and O–H groups in total. The highest BCUT2D eigenvalue weighted by atomic mass is 35.5. The lowest BCUT2D eigenvalue weighted by molar-refractivity contribution is 0.351. The Kier molecular flexibility index (Phi) is 6.37. The molecule has 0 spiro atoms. The molecule has 0 radical (unpaired) electrons. The first-order valence-corrected chi connectivity index (χ1v) is 11.6. The molecule has 1 aliphatic rings. The molecule has 4 nitrogen and oxygen atoms in total. The van der Waals surface area contributed by atoms with Crippen molar-refractivity contribution in [2.75, 3.05) is 11.9 Å². The van der Waals surface area contributed by atoms with Crippen LogP contribution in [0.3, 0.4) is 0 Å². The molecule has 28 heavy (non-hydrogen) atoms. The van der Waals surface area contributed by atoms with Crippen molar-refractivity contribution in [1.29, 1.82) is 0 Å². The maximum Gasteiger partial charge on any atom is 0.240 e. The van der Waals surface area contributed by atoms with E-state index in [0.717, 1.165) is 25.7 Å². The highest BCUT2D eigenvalue weighted by Gasteiger charge is 2.33. The van der Waals surface area contributed by atoms with Crippen molar-refractivity contribution in [1.82, 2.24) is 4.72 Å². The SMILES string of the molecule is Cc1cc(C)c(N(C)[C@@H]2CCCC[C@H]2NS(=O)(=O)c2ccc(Cl)cc2)c(C)c1. The van der Waals surface area contributed by atoms with Gasteiger partial charge in [0.2, 0.25) is 10.0 Å². The molecular weight excluding hydrogens is 392 g/mol. The molecule has 3 rings (SSSR count). The van der Waals surface area contributed by atoms with E-state index < -0.39 is 10.0 Å². The fourth-order valence-electron chi connectivity index (χ4n) is 4.49. The summed E-state index contributed by atoms with van der Waals surface area (Å²) in [7, 11) is -1.50. The van der Waals surface area contributed by atoms with Gasteiger partial charge in [-0.2, -0.15) is 0 Å². The predicted octanol–water partition coefficient (Wildman–Crippen LogP) is 4.99. The fourth-order valence-corrected chi connectivity index (χ4v) is 5.92. The van der Waals surface area contributed by atoms with Crippen LogP contribution in [0.25, 0.3) is 0 Å². The second-order valence-corrected chi connectivity index (χ2v) is 10.0. The zero-order valence-electron chi connectivity index (χ0n) is 17.0. The Hall–Kier alpha value is -1.56. The lowest BCUT2D eigenvalue weighted by Crippen LogP contribution is -2.52. The minimum Gasteiger partial charge on any atom is -0.370 e. The van der Waals surface area contributed by atoms with Gasteiger partial charge in [0.25, 0.3) is 0 Å². The number of hydrogen-bond acceptors (Lipinski definition) is 3. The molecule has 6 heteroatoms. The van der Waals surface area contributed by atoms with E-state index in [1.807, 2.05) is 0 Å². The molecule has 0 saturated heterocycles. The van der Waals surface area contributed by atoms with Gasteiger partial charge in [-0.15, -0.1) is 0 Å². The van der Waals surface area contributed by atoms with Gasteiger partial charge in [-0.05, 0) is 69.0 Å². The second-order valence-electron chi connectivity index (χ2n) is 7.89. The molecule has 1 fully saturated rings. The molecule has 2 atom stereocenters. The number of aryl methyl sites for hydroxylation is 3. The number of benzene rings is 2. The highest BCUT2D eigenvalue weighted by Crippen LogP contribution is 2.32. The summed E-state index contributed by atoms with van der Waals surface area (Å²) < 4.78 is 28.8. The van der Waals surface area contributed by atoms with E-state index in [9.17, 15) is 8.42 Å². The number of rotatable bonds is 5. The molecule has 0 aliphatic heterocycles. The van der Waals surface area contributed by atoms with E-state index in [-0.39, 0.29) is 17.0 Å². The number of hydrogen-bond donors (Lipinski definition) is 1. The van der Waals surface area contributed by atoms with Gasteiger partial charge < -0.3 is 4.90 Å². The molecular formula is C22H29ClN2O2S. The van der Waals surface area contributed by atoms with E-state index >= 15 is 0 Å². The highest BCUT2D eigenvalue weighted by molar-refractivity contribution is 7.89. The normalized spacial score (nSPS) is 20.2. The van der Waals surface area contributed by atoms with Crippen LogP contribution in [0, 0.1) is 20.8 Å². The van der Waals surface area contributed by atoms with Gasteiger partial charge >= 0.3 is 0 Å². The second kappa shape index (κ2) is 8.44. The molecule has 2 aromatic rings. The monoisotopic (exact) mass is 420 g/mol. The predicted molar refractivity (Wildman–Crippen MR) is 117 cm³/mol. The van der Waals surface area contributed by atoms with E-state index in [1.165, 1.54) is 22.4 Å². The molecule has 152 valence electrons. The van der Waals surface area contributed by atoms with E-state index in [4.69, 9.17) is 11.6 Å². The average molecular weight is 421 g/mol. The maximum atomic E-state index is 12.9. The van der Waals surface area contributed by atoms with Crippen molar-refractivity contribution in [2.45, 2.75) is 63.4 Å². The number of likely N-dealkylation sites (N-methyl/N-ethyl adjacent to an activating group) is 1. The van der Waals surface area contributed by atoms with Crippen LogP contribution in [0.4, 0.5) is 5.69 Å². The Morgan fingerprint density at radius 1 is 1.00 bits per heavy atom. The van der Waals surface area contributed by atoms with Crippen LogP contribution in [-0.4, -0.2) is 27.5 Å². The van der Waals surface area contributed by atoms with E-state index in [1.54, 1.807) is 24.3 Å². The summed E-state index contributed by atoms with van der Waals surface area (Å²) in [6.45, 7) is 6.36. The minimum absolute atomic E-state index is 0.121. The Balaban J connectivity index is 1.87. The Morgan fingerprint density at radius 2 is 1.57 bits per heavy atom. The third kappa shape index (κ3) is 4.53. The molecule has 0 amide bonds. The van der Waals surface area contributed by atoms with Gasteiger partial charge in [-0.3, -0.25) is 0 Å². The summed E-state index contributed by atoms with van der Waals surface area (Å²) in [5, 5.41) is 0.527. The number of halogens is 1. The lowest BCUT2D eigenvalue weighted by atomic mass is 9.89. The van der Waals surface area contributed by atoms with Crippen molar-refractivity contribution in [2.24, 2.45) is 0 Å². The van der Waals surface area contributed by atoms with Gasteiger partial charge in [-0.1, -0.05) is 42.1 Å². The molecule has 0 aromatic heterocycles. The van der Waals surface area contributed by atoms with Crippen LogP contribution in [0.5, 0.6) is 0 Å². The van der Waals surface area contributed by atoms with Crippen LogP contribution in [0.15, 0.2) is 41.3 Å². The third-order valence-corrected chi connectivity index (χ3v) is 7.40. The first-order chi connectivity index (χ1) is 13.2. The standard InChI is InChI=1S/C22H29ClN2O2S/c1-15-13-16(2)22(17(3)14-15)25(4)21-8-6-5-7-20(21)24-28(26,27)19-11-9-18(23)10-12-19/h9-14,20-21,24H,5-8H2,1-4H3/t20-,21-/m1/s1. The summed E-state index contributed by atoms with van der Waals surface area (Å²) >= 11 is 5.90. The van der Waals surface area contributed by atoms with E-state index in [2.05, 4.69) is 49.6 Å². The molecule has 1 aliphatic carbocycles. The van der Waals surface area contributed by atoms with Crippen molar-refractivity contribution < 1.29 is 8.42 Å². The van der Waals surface area contributed by atoms with Gasteiger partial charge in [0.05, 0.1) is 4.90 Å². The van der Waals surface area contributed by atoms with Crippen molar-refractivity contribution in [3.05, 3.63) is 58.1 Å². The summed E-state index contributed by atoms with van der Waals surface area (Å²) in [5.41, 5.74) is 4.90. The van der Waals surface area contributed by atoms with Crippen LogP contribution < -0.4 is 9.62 Å². The van der Waals surface area contributed by atoms with Crippen molar-refractivity contribution >= 4 is 27.3 Å². The molecule has 0 unspecified atom stereocenters. The first-order valence-electron chi connectivity index (χ1n) is 9.77. The van der Waals surface area contributed by atoms with Crippen LogP contribution in [0.2, 0.25) is 5.02 Å². The molecule has 1 saturated carbocycles. The summed E-state index contributed by atoms with van der Waals surface area (Å²) in [6.07, 6.45) is 3.95. The third-order valence-electron chi connectivity index (χ3n) is 5.65. The minimum atomic E-state index is -3.59. The van der Waals surface area contributed by atoms with Gasteiger partial charge in [0.1, 0.15) is 0 Å². The van der Waals surface area contributed by atoms with Crippen LogP contribution in [0.1, 0.15) is 42.4 Å². The Bertz CT molecular complexity index is 919.